The Morgan fingerprint density at radius 3 is 2.22 bits per heavy atom. The topological polar surface area (TPSA) is 146 Å². The third-order valence-electron chi connectivity index (χ3n) is 4.85. The van der Waals surface area contributed by atoms with Gasteiger partial charge in [-0.05, 0) is 37.3 Å². The highest BCUT2D eigenvalue weighted by Gasteiger charge is 2.36. The third kappa shape index (κ3) is 6.46. The predicted molar refractivity (Wildman–Crippen MR) is 118 cm³/mol. The first kappa shape index (κ1) is 28.0. The van der Waals surface area contributed by atoms with Crippen molar-refractivity contribution in [3.05, 3.63) is 70.0 Å². The monoisotopic (exact) mass is 517 g/mol. The molecule has 1 atom stereocenters. The first-order valence-corrected chi connectivity index (χ1v) is 9.97. The number of carbonyl (C=O) groups is 2. The average molecular weight is 517 g/mol. The number of benzene rings is 2. The van der Waals surface area contributed by atoms with Crippen LogP contribution in [0.1, 0.15) is 28.4 Å². The van der Waals surface area contributed by atoms with Crippen LogP contribution < -0.4 is 27.3 Å². The Labute approximate surface area is 200 Å². The van der Waals surface area contributed by atoms with Crippen LogP contribution in [-0.2, 0) is 11.3 Å². The van der Waals surface area contributed by atoms with Gasteiger partial charge >= 0.3 is 6.18 Å². The van der Waals surface area contributed by atoms with Gasteiger partial charge in [0.25, 0.3) is 11.8 Å². The number of hydrogen-bond donors (Lipinski definition) is 4. The molecule has 7 N–H and O–H groups in total. The molecule has 2 amide bonds. The van der Waals surface area contributed by atoms with Gasteiger partial charge in [0.1, 0.15) is 40.7 Å². The van der Waals surface area contributed by atoms with Gasteiger partial charge in [0, 0.05) is 17.7 Å². The second-order valence-corrected chi connectivity index (χ2v) is 7.34. The number of nitrogens with one attached hydrogen (secondary N) is 1. The second kappa shape index (κ2) is 11.0. The average Bonchev–Trinajstić information content (AvgIpc) is 2.78. The maximum Gasteiger partial charge on any atom is 0.410 e. The summed E-state index contributed by atoms with van der Waals surface area (Å²) in [6.45, 7) is 0.0882. The molecule has 0 aliphatic carbocycles. The highest BCUT2D eigenvalue weighted by atomic mass is 19.4. The number of rotatable bonds is 8. The van der Waals surface area contributed by atoms with Gasteiger partial charge in [0.05, 0.1) is 18.4 Å². The number of hydrogen-bond acceptors (Lipinski definition) is 5. The Morgan fingerprint density at radius 2 is 1.67 bits per heavy atom. The molecular weight excluding hydrogens is 496 g/mol. The van der Waals surface area contributed by atoms with Crippen molar-refractivity contribution in [1.82, 2.24) is 5.32 Å². The molecule has 2 aromatic rings. The Bertz CT molecular complexity index is 1240. The predicted octanol–water partition coefficient (Wildman–Crippen LogP) is 2.51. The molecule has 194 valence electrons. The largest absolute Gasteiger partial charge is 0.496 e. The standard InChI is InChI=1S/C22H21F6N5O3/c1-9(22(26,27)28)33-19(30)17(20(31)34)18(29)12-7-14(24)10(5-15(12)25)8-32-21(35)13-6-11(23)3-4-16(13)36-2/h3-7,9H,8,29H2,1-2H3,(H2,30,33)(H2,31,34)(H,32,35). The highest BCUT2D eigenvalue weighted by Crippen LogP contribution is 2.25. The van der Waals surface area contributed by atoms with Crippen LogP contribution in [0.5, 0.6) is 5.75 Å². The van der Waals surface area contributed by atoms with Crippen molar-refractivity contribution in [2.45, 2.75) is 25.7 Å². The molecule has 0 bridgehead atoms. The van der Waals surface area contributed by atoms with Gasteiger partial charge in [0.2, 0.25) is 0 Å². The molecule has 1 unspecified atom stereocenters. The first-order chi connectivity index (χ1) is 16.7. The maximum atomic E-state index is 14.8. The van der Waals surface area contributed by atoms with E-state index in [1.54, 1.807) is 0 Å². The third-order valence-corrected chi connectivity index (χ3v) is 4.85. The Kier molecular flexibility index (Phi) is 8.57. The fourth-order valence-electron chi connectivity index (χ4n) is 2.94. The first-order valence-electron chi connectivity index (χ1n) is 9.97. The van der Waals surface area contributed by atoms with Crippen molar-refractivity contribution in [3.63, 3.8) is 0 Å². The van der Waals surface area contributed by atoms with E-state index in [0.717, 1.165) is 12.1 Å². The zero-order valence-electron chi connectivity index (χ0n) is 18.8. The van der Waals surface area contributed by atoms with Crippen molar-refractivity contribution in [2.24, 2.45) is 22.2 Å². The van der Waals surface area contributed by atoms with Crippen molar-refractivity contribution in [1.29, 1.82) is 0 Å². The van der Waals surface area contributed by atoms with Crippen molar-refractivity contribution in [3.8, 4) is 5.75 Å². The Morgan fingerprint density at radius 1 is 1.03 bits per heavy atom. The van der Waals surface area contributed by atoms with Gasteiger partial charge in [-0.25, -0.2) is 13.2 Å². The summed E-state index contributed by atoms with van der Waals surface area (Å²) < 4.78 is 86.2. The molecule has 0 saturated heterocycles. The zero-order valence-corrected chi connectivity index (χ0v) is 18.8. The van der Waals surface area contributed by atoms with Gasteiger partial charge in [0.15, 0.2) is 0 Å². The number of nitrogens with two attached hydrogens (primary N) is 3. The fourth-order valence-corrected chi connectivity index (χ4v) is 2.94. The van der Waals surface area contributed by atoms with E-state index in [1.807, 2.05) is 0 Å². The zero-order chi connectivity index (χ0) is 27.4. The van der Waals surface area contributed by atoms with Gasteiger partial charge in [-0.2, -0.15) is 13.2 Å². The van der Waals surface area contributed by atoms with Gasteiger partial charge in [-0.1, -0.05) is 0 Å². The number of primary amides is 1. The van der Waals surface area contributed by atoms with Crippen LogP contribution in [0.2, 0.25) is 0 Å². The SMILES string of the molecule is COc1ccc(F)cc1C(=O)NCc1cc(F)c(C(N)=C(C(N)=O)C(N)=NC(C)C(F)(F)F)cc1F. The Hall–Kier alpha value is -4.23. The smallest absolute Gasteiger partial charge is 0.410 e. The maximum absolute atomic E-state index is 14.8. The molecule has 0 heterocycles. The van der Waals surface area contributed by atoms with Crippen molar-refractivity contribution >= 4 is 23.3 Å². The summed E-state index contributed by atoms with van der Waals surface area (Å²) in [5.41, 5.74) is 13.2. The minimum Gasteiger partial charge on any atom is -0.496 e. The summed E-state index contributed by atoms with van der Waals surface area (Å²) in [7, 11) is 1.25. The van der Waals surface area contributed by atoms with Gasteiger partial charge < -0.3 is 27.3 Å². The number of aliphatic imine (C=N–C) groups is 1. The normalized spacial score (nSPS) is 13.6. The molecule has 2 aromatic carbocycles. The van der Waals surface area contributed by atoms with E-state index in [0.29, 0.717) is 19.1 Å². The van der Waals surface area contributed by atoms with Crippen LogP contribution in [0, 0.1) is 17.5 Å². The number of alkyl halides is 3. The molecule has 36 heavy (non-hydrogen) atoms. The summed E-state index contributed by atoms with van der Waals surface area (Å²) in [5, 5.41) is 2.27. The molecule has 0 saturated carbocycles. The van der Waals surface area contributed by atoms with Crippen LogP contribution in [-0.4, -0.2) is 37.0 Å². The molecule has 0 fully saturated rings. The van der Waals surface area contributed by atoms with Crippen LogP contribution in [0.4, 0.5) is 26.3 Å². The van der Waals surface area contributed by atoms with Crippen LogP contribution in [0.15, 0.2) is 40.9 Å². The van der Waals surface area contributed by atoms with E-state index >= 15 is 0 Å². The van der Waals surface area contributed by atoms with E-state index in [4.69, 9.17) is 21.9 Å². The summed E-state index contributed by atoms with van der Waals surface area (Å²) in [4.78, 5) is 27.3. The molecular formula is C22H21F6N5O3. The number of amides is 2. The molecule has 0 aliphatic heterocycles. The lowest BCUT2D eigenvalue weighted by Crippen LogP contribution is -2.33. The van der Waals surface area contributed by atoms with Crippen LogP contribution in [0.25, 0.3) is 5.70 Å². The fraction of sp³-hybridized carbons (Fsp3) is 0.227. The molecule has 0 radical (unpaired) electrons. The summed E-state index contributed by atoms with van der Waals surface area (Å²) in [5.74, 6) is -6.32. The molecule has 0 spiro atoms. The van der Waals surface area contributed by atoms with E-state index in [2.05, 4.69) is 10.3 Å². The summed E-state index contributed by atoms with van der Waals surface area (Å²) >= 11 is 0. The number of methoxy groups -OCH3 is 1. The van der Waals surface area contributed by atoms with Gasteiger partial charge in [-0.3, -0.25) is 14.6 Å². The number of nitrogens with zero attached hydrogens (tertiary/aromatic N) is 1. The van der Waals surface area contributed by atoms with Crippen molar-refractivity contribution < 1.29 is 40.7 Å². The van der Waals surface area contributed by atoms with E-state index in [1.165, 1.54) is 13.2 Å². The quantitative estimate of drug-likeness (QED) is 0.184. The lowest BCUT2D eigenvalue weighted by molar-refractivity contribution is -0.142. The van der Waals surface area contributed by atoms with E-state index in [9.17, 15) is 35.9 Å². The lowest BCUT2D eigenvalue weighted by atomic mass is 10.0. The van der Waals surface area contributed by atoms with Crippen LogP contribution >= 0.6 is 0 Å². The lowest BCUT2D eigenvalue weighted by Gasteiger charge is -2.15. The van der Waals surface area contributed by atoms with Gasteiger partial charge in [-0.15, -0.1) is 0 Å². The molecule has 0 aromatic heterocycles. The number of carbonyl (C=O) groups excluding carboxylic acids is 2. The van der Waals surface area contributed by atoms with E-state index < -0.39 is 70.7 Å². The minimum atomic E-state index is -4.80. The second-order valence-electron chi connectivity index (χ2n) is 7.34. The van der Waals surface area contributed by atoms with Crippen LogP contribution in [0.3, 0.4) is 0 Å². The van der Waals surface area contributed by atoms with E-state index in [-0.39, 0.29) is 16.9 Å². The molecule has 2 rings (SSSR count). The number of ether oxygens (including phenoxy) is 1. The highest BCUT2D eigenvalue weighted by molar-refractivity contribution is 6.24. The Balaban J connectivity index is 2.39. The number of halogens is 6. The molecule has 8 nitrogen and oxygen atoms in total. The molecule has 0 aliphatic rings. The summed E-state index contributed by atoms with van der Waals surface area (Å²) in [6.07, 6.45) is -4.80. The molecule has 14 heteroatoms. The summed E-state index contributed by atoms with van der Waals surface area (Å²) in [6, 6.07) is 1.97. The minimum absolute atomic E-state index is 0.0342. The number of amidine groups is 1. The van der Waals surface area contributed by atoms with Crippen molar-refractivity contribution in [2.75, 3.05) is 7.11 Å².